The third kappa shape index (κ3) is 3.57. The number of oxazole rings is 1. The Labute approximate surface area is 113 Å². The van der Waals surface area contributed by atoms with Crippen molar-refractivity contribution in [1.29, 1.82) is 0 Å². The normalized spacial score (nSPS) is 12.3. The van der Waals surface area contributed by atoms with E-state index in [9.17, 15) is 9.18 Å². The van der Waals surface area contributed by atoms with Gasteiger partial charge in [0.15, 0.2) is 0 Å². The number of hydrogen-bond acceptors (Lipinski definition) is 4. The molecule has 4 nitrogen and oxygen atoms in total. The van der Waals surface area contributed by atoms with E-state index in [-0.39, 0.29) is 5.82 Å². The zero-order chi connectivity index (χ0) is 13.8. The minimum atomic E-state index is -0.862. The summed E-state index contributed by atoms with van der Waals surface area (Å²) in [6.45, 7) is 1.61. The van der Waals surface area contributed by atoms with Crippen LogP contribution in [0, 0.1) is 5.82 Å². The quantitative estimate of drug-likeness (QED) is 0.911. The van der Waals surface area contributed by atoms with Crippen molar-refractivity contribution in [1.82, 2.24) is 4.98 Å². The molecule has 100 valence electrons. The Bertz CT molecular complexity index is 585. The Morgan fingerprint density at radius 2 is 2.37 bits per heavy atom. The molecule has 0 radical (unpaired) electrons. The number of aliphatic carboxylic acids is 1. The van der Waals surface area contributed by atoms with E-state index < -0.39 is 11.2 Å². The van der Waals surface area contributed by atoms with Crippen molar-refractivity contribution >= 4 is 17.7 Å². The molecule has 0 aliphatic heterocycles. The summed E-state index contributed by atoms with van der Waals surface area (Å²) in [5, 5.41) is 8.26. The number of halogens is 1. The van der Waals surface area contributed by atoms with Crippen molar-refractivity contribution in [2.24, 2.45) is 0 Å². The number of rotatable bonds is 5. The fourth-order valence-corrected chi connectivity index (χ4v) is 2.10. The van der Waals surface area contributed by atoms with Crippen molar-refractivity contribution in [2.45, 2.75) is 17.9 Å². The number of benzene rings is 1. The molecular weight excluding hydrogens is 269 g/mol. The molecule has 1 heterocycles. The first kappa shape index (κ1) is 13.6. The first-order valence-electron chi connectivity index (χ1n) is 5.61. The number of carbonyl (C=O) groups is 1. The summed E-state index contributed by atoms with van der Waals surface area (Å²) in [4.78, 5) is 14.9. The highest BCUT2D eigenvalue weighted by atomic mass is 32.2. The summed E-state index contributed by atoms with van der Waals surface area (Å²) in [6.07, 6.45) is 1.46. The van der Waals surface area contributed by atoms with Gasteiger partial charge in [0.25, 0.3) is 0 Å². The van der Waals surface area contributed by atoms with E-state index in [1.807, 2.05) is 0 Å². The first-order chi connectivity index (χ1) is 9.06. The first-order valence-corrected chi connectivity index (χ1v) is 6.66. The summed E-state index contributed by atoms with van der Waals surface area (Å²) in [6, 6.07) is 5.96. The summed E-state index contributed by atoms with van der Waals surface area (Å²) >= 11 is 1.25. The number of nitrogens with zero attached hydrogens (tertiary/aromatic N) is 1. The third-order valence-electron chi connectivity index (χ3n) is 2.45. The fraction of sp³-hybridized carbons (Fsp3) is 0.231. The molecule has 1 N–H and O–H groups in total. The van der Waals surface area contributed by atoms with E-state index >= 15 is 0 Å². The van der Waals surface area contributed by atoms with Crippen molar-refractivity contribution in [3.8, 4) is 11.5 Å². The van der Waals surface area contributed by atoms with E-state index in [1.165, 1.54) is 30.2 Å². The molecule has 0 amide bonds. The standard InChI is InChI=1S/C13H12FNO3S/c1-8(13(16)17)19-7-11-6-18-12(15-11)9-3-2-4-10(14)5-9/h2-6,8H,7H2,1H3,(H,16,17). The van der Waals surface area contributed by atoms with E-state index in [4.69, 9.17) is 9.52 Å². The van der Waals surface area contributed by atoms with Gasteiger partial charge >= 0.3 is 5.97 Å². The largest absolute Gasteiger partial charge is 0.480 e. The SMILES string of the molecule is CC(SCc1coc(-c2cccc(F)c2)n1)C(=O)O. The van der Waals surface area contributed by atoms with E-state index in [0.717, 1.165) is 0 Å². The number of thioether (sulfide) groups is 1. The van der Waals surface area contributed by atoms with Gasteiger partial charge in [0.2, 0.25) is 5.89 Å². The lowest BCUT2D eigenvalue weighted by Gasteiger charge is -2.02. The molecule has 0 bridgehead atoms. The van der Waals surface area contributed by atoms with Crippen LogP contribution in [0.25, 0.3) is 11.5 Å². The Balaban J connectivity index is 2.05. The molecule has 0 fully saturated rings. The predicted molar refractivity (Wildman–Crippen MR) is 70.3 cm³/mol. The average Bonchev–Trinajstić information content (AvgIpc) is 2.84. The molecular formula is C13H12FNO3S. The maximum atomic E-state index is 13.1. The van der Waals surface area contributed by atoms with Crippen LogP contribution in [0.3, 0.4) is 0 Å². The van der Waals surface area contributed by atoms with Gasteiger partial charge in [-0.25, -0.2) is 9.37 Å². The molecule has 0 aliphatic carbocycles. The molecule has 1 atom stereocenters. The Hall–Kier alpha value is -1.82. The van der Waals surface area contributed by atoms with Crippen LogP contribution in [0.2, 0.25) is 0 Å². The molecule has 0 saturated carbocycles. The Morgan fingerprint density at radius 3 is 3.05 bits per heavy atom. The van der Waals surface area contributed by atoms with Crippen LogP contribution in [-0.4, -0.2) is 21.3 Å². The number of aromatic nitrogens is 1. The molecule has 2 aromatic rings. The highest BCUT2D eigenvalue weighted by Crippen LogP contribution is 2.22. The Morgan fingerprint density at radius 1 is 1.58 bits per heavy atom. The van der Waals surface area contributed by atoms with E-state index in [1.54, 1.807) is 19.1 Å². The number of hydrogen-bond donors (Lipinski definition) is 1. The van der Waals surface area contributed by atoms with Gasteiger partial charge in [-0.1, -0.05) is 6.07 Å². The molecule has 1 aromatic heterocycles. The van der Waals surface area contributed by atoms with E-state index in [0.29, 0.717) is 22.9 Å². The lowest BCUT2D eigenvalue weighted by Crippen LogP contribution is -2.11. The van der Waals surface area contributed by atoms with Gasteiger partial charge in [0.05, 0.1) is 10.9 Å². The van der Waals surface area contributed by atoms with Gasteiger partial charge in [-0.15, -0.1) is 11.8 Å². The van der Waals surface area contributed by atoms with Crippen molar-refractivity contribution < 1.29 is 18.7 Å². The lowest BCUT2D eigenvalue weighted by atomic mass is 10.2. The van der Waals surface area contributed by atoms with Crippen molar-refractivity contribution in [3.05, 3.63) is 42.0 Å². The highest BCUT2D eigenvalue weighted by molar-refractivity contribution is 7.99. The molecule has 1 aromatic carbocycles. The minimum Gasteiger partial charge on any atom is -0.480 e. The molecule has 1 unspecified atom stereocenters. The minimum absolute atomic E-state index is 0.332. The van der Waals surface area contributed by atoms with Crippen LogP contribution in [0.15, 0.2) is 34.9 Å². The zero-order valence-corrected chi connectivity index (χ0v) is 11.0. The van der Waals surface area contributed by atoms with Crippen LogP contribution in [0.4, 0.5) is 4.39 Å². The second-order valence-electron chi connectivity index (χ2n) is 3.95. The monoisotopic (exact) mass is 281 g/mol. The topological polar surface area (TPSA) is 63.3 Å². The van der Waals surface area contributed by atoms with Gasteiger partial charge < -0.3 is 9.52 Å². The van der Waals surface area contributed by atoms with Crippen molar-refractivity contribution in [2.75, 3.05) is 0 Å². The average molecular weight is 281 g/mol. The molecule has 0 saturated heterocycles. The third-order valence-corrected chi connectivity index (χ3v) is 3.62. The van der Waals surface area contributed by atoms with Crippen LogP contribution in [0.1, 0.15) is 12.6 Å². The van der Waals surface area contributed by atoms with Gasteiger partial charge in [0, 0.05) is 11.3 Å². The van der Waals surface area contributed by atoms with Crippen LogP contribution < -0.4 is 0 Å². The van der Waals surface area contributed by atoms with Gasteiger partial charge in [-0.2, -0.15) is 0 Å². The summed E-state index contributed by atoms with van der Waals surface area (Å²) in [5.74, 6) is -0.449. The molecule has 0 spiro atoms. The van der Waals surface area contributed by atoms with Gasteiger partial charge in [0.1, 0.15) is 12.1 Å². The molecule has 19 heavy (non-hydrogen) atoms. The maximum absolute atomic E-state index is 13.1. The van der Waals surface area contributed by atoms with Crippen LogP contribution in [0.5, 0.6) is 0 Å². The molecule has 0 aliphatic rings. The second-order valence-corrected chi connectivity index (χ2v) is 5.27. The second kappa shape index (κ2) is 5.88. The predicted octanol–water partition coefficient (Wildman–Crippen LogP) is 3.19. The lowest BCUT2D eigenvalue weighted by molar-refractivity contribution is -0.136. The number of carboxylic acid groups (broad SMARTS) is 1. The Kier molecular flexibility index (Phi) is 4.21. The van der Waals surface area contributed by atoms with Crippen LogP contribution >= 0.6 is 11.8 Å². The summed E-state index contributed by atoms with van der Waals surface area (Å²) < 4.78 is 18.3. The fourth-order valence-electron chi connectivity index (χ4n) is 1.41. The van der Waals surface area contributed by atoms with Gasteiger partial charge in [-0.3, -0.25) is 4.79 Å². The highest BCUT2D eigenvalue weighted by Gasteiger charge is 2.13. The zero-order valence-electron chi connectivity index (χ0n) is 10.2. The molecule has 6 heteroatoms. The maximum Gasteiger partial charge on any atom is 0.316 e. The van der Waals surface area contributed by atoms with Crippen molar-refractivity contribution in [3.63, 3.8) is 0 Å². The van der Waals surface area contributed by atoms with E-state index in [2.05, 4.69) is 4.98 Å². The number of carboxylic acids is 1. The summed E-state index contributed by atoms with van der Waals surface area (Å²) in [7, 11) is 0. The smallest absolute Gasteiger partial charge is 0.316 e. The van der Waals surface area contributed by atoms with Gasteiger partial charge in [-0.05, 0) is 25.1 Å². The van der Waals surface area contributed by atoms with Crippen LogP contribution in [-0.2, 0) is 10.5 Å². The molecule has 2 rings (SSSR count). The summed E-state index contributed by atoms with van der Waals surface area (Å²) in [5.41, 5.74) is 1.19.